The molecule has 0 aliphatic rings. The minimum absolute atomic E-state index is 0.860. The third-order valence-electron chi connectivity index (χ3n) is 12.0. The number of para-hydroxylation sites is 2. The Morgan fingerprint density at radius 1 is 0.339 bits per heavy atom. The van der Waals surface area contributed by atoms with E-state index >= 15 is 0 Å². The van der Waals surface area contributed by atoms with Gasteiger partial charge in [-0.2, -0.15) is 0 Å². The van der Waals surface area contributed by atoms with Gasteiger partial charge in [-0.3, -0.25) is 0 Å². The van der Waals surface area contributed by atoms with Crippen molar-refractivity contribution in [3.63, 3.8) is 0 Å². The van der Waals surface area contributed by atoms with E-state index in [1.807, 2.05) is 0 Å². The molecule has 0 atom stereocenters. The molecule has 2 heterocycles. The minimum atomic E-state index is 0.860. The van der Waals surface area contributed by atoms with Crippen molar-refractivity contribution in [3.05, 3.63) is 218 Å². The molecule has 0 saturated heterocycles. The molecule has 10 aromatic carbocycles. The molecule has 0 saturated carbocycles. The molecule has 0 spiro atoms. The lowest BCUT2D eigenvalue weighted by Gasteiger charge is -2.26. The molecule has 3 nitrogen and oxygen atoms in total. The molecule has 0 aliphatic carbocycles. The summed E-state index contributed by atoms with van der Waals surface area (Å²) in [7, 11) is 0. The summed E-state index contributed by atoms with van der Waals surface area (Å²) in [5, 5.41) is 9.60. The number of benzene rings is 10. The highest BCUT2D eigenvalue weighted by molar-refractivity contribution is 6.19. The van der Waals surface area contributed by atoms with Gasteiger partial charge in [0, 0.05) is 50.4 Å². The van der Waals surface area contributed by atoms with Gasteiger partial charge in [0.05, 0.1) is 11.0 Å². The Balaban J connectivity index is 1.06. The van der Waals surface area contributed by atoms with Gasteiger partial charge in [-0.25, -0.2) is 0 Å². The van der Waals surface area contributed by atoms with Gasteiger partial charge in [0.2, 0.25) is 0 Å². The monoisotopic (exact) mass is 752 g/mol. The van der Waals surface area contributed by atoms with E-state index < -0.39 is 0 Å². The molecular formula is C56H36N2O. The average molecular weight is 753 g/mol. The highest BCUT2D eigenvalue weighted by atomic mass is 16.3. The summed E-state index contributed by atoms with van der Waals surface area (Å²) in [4.78, 5) is 2.36. The van der Waals surface area contributed by atoms with Crippen LogP contribution in [0.1, 0.15) is 0 Å². The average Bonchev–Trinajstić information content (AvgIpc) is 3.85. The van der Waals surface area contributed by atoms with Gasteiger partial charge in [-0.15, -0.1) is 0 Å². The zero-order valence-corrected chi connectivity index (χ0v) is 32.1. The third kappa shape index (κ3) is 5.36. The van der Waals surface area contributed by atoms with Gasteiger partial charge in [0.15, 0.2) is 0 Å². The molecule has 3 heteroatoms. The first-order valence-corrected chi connectivity index (χ1v) is 20.2. The van der Waals surface area contributed by atoms with E-state index in [9.17, 15) is 0 Å². The van der Waals surface area contributed by atoms with Crippen molar-refractivity contribution < 1.29 is 4.42 Å². The smallest absolute Gasteiger partial charge is 0.137 e. The third-order valence-corrected chi connectivity index (χ3v) is 12.0. The Morgan fingerprint density at radius 2 is 0.932 bits per heavy atom. The van der Waals surface area contributed by atoms with Crippen LogP contribution in [-0.2, 0) is 0 Å². The van der Waals surface area contributed by atoms with Crippen molar-refractivity contribution >= 4 is 82.4 Å². The van der Waals surface area contributed by atoms with E-state index in [4.69, 9.17) is 4.42 Å². The summed E-state index contributed by atoms with van der Waals surface area (Å²) in [6.45, 7) is 0. The van der Waals surface area contributed by atoms with Crippen LogP contribution in [0.15, 0.2) is 223 Å². The highest BCUT2D eigenvalue weighted by Gasteiger charge is 2.20. The molecular weight excluding hydrogens is 717 g/mol. The molecule has 59 heavy (non-hydrogen) atoms. The quantitative estimate of drug-likeness (QED) is 0.169. The zero-order chi connectivity index (χ0) is 38.9. The summed E-state index contributed by atoms with van der Waals surface area (Å²) < 4.78 is 9.03. The van der Waals surface area contributed by atoms with Crippen LogP contribution in [0.2, 0.25) is 0 Å². The molecule has 0 bridgehead atoms. The van der Waals surface area contributed by atoms with Crippen molar-refractivity contribution in [2.24, 2.45) is 0 Å². The lowest BCUT2D eigenvalue weighted by atomic mass is 9.91. The summed E-state index contributed by atoms with van der Waals surface area (Å²) in [5.74, 6) is 0. The van der Waals surface area contributed by atoms with E-state index in [1.54, 1.807) is 0 Å². The number of hydrogen-bond donors (Lipinski definition) is 0. The van der Waals surface area contributed by atoms with Crippen molar-refractivity contribution in [1.29, 1.82) is 0 Å². The number of rotatable bonds is 6. The highest BCUT2D eigenvalue weighted by Crippen LogP contribution is 2.44. The maximum absolute atomic E-state index is 6.64. The number of fused-ring (bicyclic) bond motifs is 9. The van der Waals surface area contributed by atoms with E-state index in [2.05, 4.69) is 228 Å². The van der Waals surface area contributed by atoms with Gasteiger partial charge < -0.3 is 13.9 Å². The van der Waals surface area contributed by atoms with Gasteiger partial charge in [-0.05, 0) is 104 Å². The lowest BCUT2D eigenvalue weighted by molar-refractivity contribution is 0.669. The summed E-state index contributed by atoms with van der Waals surface area (Å²) in [6, 6.07) is 78.7. The molecule has 0 N–H and O–H groups in total. The molecule has 12 rings (SSSR count). The van der Waals surface area contributed by atoms with Gasteiger partial charge in [0.25, 0.3) is 0 Å². The first kappa shape index (κ1) is 33.3. The Kier molecular flexibility index (Phi) is 7.54. The number of anilines is 3. The van der Waals surface area contributed by atoms with Gasteiger partial charge in [0.1, 0.15) is 11.2 Å². The van der Waals surface area contributed by atoms with E-state index in [0.717, 1.165) is 50.2 Å². The standard InChI is InChI=1S/C56H36N2O/c1-3-13-37(14-4-1)45-22-11-16-40-17-12-23-46(55(40)45)39-25-28-42(29-26-39)57(44-31-33-50-54(36-44)59-53-34-27-38-15-7-8-20-47(38)56(50)53)43-30-32-49-48-21-9-10-24-51(48)58(52(49)35-43)41-18-5-2-6-19-41/h1-36H. The van der Waals surface area contributed by atoms with Crippen molar-refractivity contribution in [2.75, 3.05) is 4.90 Å². The number of hydrogen-bond acceptors (Lipinski definition) is 2. The van der Waals surface area contributed by atoms with Crippen molar-refractivity contribution in [2.45, 2.75) is 0 Å². The molecule has 276 valence electrons. The first-order chi connectivity index (χ1) is 29.3. The number of furan rings is 1. The van der Waals surface area contributed by atoms with Crippen LogP contribution in [-0.4, -0.2) is 4.57 Å². The SMILES string of the molecule is c1ccc(-c2cccc3cccc(-c4ccc(N(c5ccc6c(c5)oc5ccc7ccccc7c56)c5ccc6c7ccccc7n(-c7ccccc7)c6c5)cc4)c23)cc1. The predicted molar refractivity (Wildman–Crippen MR) is 249 cm³/mol. The Labute approximate surface area is 341 Å². The summed E-state index contributed by atoms with van der Waals surface area (Å²) >= 11 is 0. The molecule has 0 aliphatic heterocycles. The Hall–Kier alpha value is -7.88. The van der Waals surface area contributed by atoms with Crippen LogP contribution < -0.4 is 4.90 Å². The normalized spacial score (nSPS) is 11.7. The molecule has 2 aromatic heterocycles. The molecule has 0 amide bonds. The fourth-order valence-corrected chi connectivity index (χ4v) is 9.30. The fraction of sp³-hybridized carbons (Fsp3) is 0. The van der Waals surface area contributed by atoms with E-state index in [-0.39, 0.29) is 0 Å². The van der Waals surface area contributed by atoms with Gasteiger partial charge >= 0.3 is 0 Å². The minimum Gasteiger partial charge on any atom is -0.456 e. The lowest BCUT2D eigenvalue weighted by Crippen LogP contribution is -2.10. The Bertz CT molecular complexity index is 3540. The Morgan fingerprint density at radius 3 is 1.71 bits per heavy atom. The van der Waals surface area contributed by atoms with Gasteiger partial charge in [-0.1, -0.05) is 152 Å². The van der Waals surface area contributed by atoms with Crippen molar-refractivity contribution in [1.82, 2.24) is 4.57 Å². The summed E-state index contributed by atoms with van der Waals surface area (Å²) in [6.07, 6.45) is 0. The van der Waals surface area contributed by atoms with Crippen molar-refractivity contribution in [3.8, 4) is 27.9 Å². The van der Waals surface area contributed by atoms with Crippen LogP contribution in [0.25, 0.3) is 93.2 Å². The van der Waals surface area contributed by atoms with Crippen LogP contribution in [0, 0.1) is 0 Å². The fourth-order valence-electron chi connectivity index (χ4n) is 9.30. The molecule has 12 aromatic rings. The zero-order valence-electron chi connectivity index (χ0n) is 32.1. The number of aromatic nitrogens is 1. The predicted octanol–water partition coefficient (Wildman–Crippen LogP) is 15.8. The van der Waals surface area contributed by atoms with Crippen LogP contribution >= 0.6 is 0 Å². The van der Waals surface area contributed by atoms with Crippen LogP contribution in [0.4, 0.5) is 17.1 Å². The van der Waals surface area contributed by atoms with E-state index in [1.165, 1.54) is 60.1 Å². The second-order valence-corrected chi connectivity index (χ2v) is 15.3. The number of nitrogens with zero attached hydrogens (tertiary/aromatic N) is 2. The maximum Gasteiger partial charge on any atom is 0.137 e. The topological polar surface area (TPSA) is 21.3 Å². The first-order valence-electron chi connectivity index (χ1n) is 20.2. The molecule has 0 radical (unpaired) electrons. The largest absolute Gasteiger partial charge is 0.456 e. The second kappa shape index (κ2) is 13.4. The van der Waals surface area contributed by atoms with Crippen LogP contribution in [0.5, 0.6) is 0 Å². The second-order valence-electron chi connectivity index (χ2n) is 15.3. The van der Waals surface area contributed by atoms with E-state index in [0.29, 0.717) is 0 Å². The summed E-state index contributed by atoms with van der Waals surface area (Å²) in [5.41, 5.74) is 13.2. The molecule has 0 unspecified atom stereocenters. The molecule has 0 fully saturated rings. The van der Waals surface area contributed by atoms with Crippen LogP contribution in [0.3, 0.4) is 0 Å². The maximum atomic E-state index is 6.64.